The van der Waals surface area contributed by atoms with Crippen molar-refractivity contribution in [2.24, 2.45) is 0 Å². The summed E-state index contributed by atoms with van der Waals surface area (Å²) in [5.74, 6) is 0.832. The van der Waals surface area contributed by atoms with Crippen molar-refractivity contribution >= 4 is 0 Å². The molecule has 0 aliphatic rings. The van der Waals surface area contributed by atoms with E-state index in [1.807, 2.05) is 24.3 Å². The smallest absolute Gasteiger partial charge is 0.416 e. The molecule has 0 saturated heterocycles. The molecular weight excluding hydrogens is 289 g/mol. The summed E-state index contributed by atoms with van der Waals surface area (Å²) < 4.78 is 44.0. The topological polar surface area (TPSA) is 9.23 Å². The Kier molecular flexibility index (Phi) is 5.47. The third kappa shape index (κ3) is 4.26. The number of para-hydroxylation sites is 1. The lowest BCUT2D eigenvalue weighted by atomic mass is 9.99. The summed E-state index contributed by atoms with van der Waals surface area (Å²) in [5.41, 5.74) is 0.941. The quantitative estimate of drug-likeness (QED) is 0.660. The van der Waals surface area contributed by atoms with Crippen LogP contribution in [-0.2, 0) is 19.0 Å². The molecule has 2 aromatic rings. The van der Waals surface area contributed by atoms with Crippen molar-refractivity contribution in [3.05, 3.63) is 65.2 Å². The van der Waals surface area contributed by atoms with E-state index in [1.165, 1.54) is 6.07 Å². The average molecular weight is 308 g/mol. The zero-order valence-electron chi connectivity index (χ0n) is 12.5. The van der Waals surface area contributed by atoms with Crippen LogP contribution in [0.1, 0.15) is 29.5 Å². The first-order valence-electron chi connectivity index (χ1n) is 7.29. The lowest BCUT2D eigenvalue weighted by Gasteiger charge is -2.12. The molecule has 0 atom stereocenters. The molecule has 22 heavy (non-hydrogen) atoms. The van der Waals surface area contributed by atoms with Gasteiger partial charge in [0.05, 0.1) is 12.7 Å². The molecule has 0 saturated carbocycles. The van der Waals surface area contributed by atoms with Crippen LogP contribution < -0.4 is 4.74 Å². The maximum absolute atomic E-state index is 12.9. The number of hydrogen-bond acceptors (Lipinski definition) is 1. The summed E-state index contributed by atoms with van der Waals surface area (Å²) in [6.07, 6.45) is -1.50. The van der Waals surface area contributed by atoms with Crippen molar-refractivity contribution in [2.75, 3.05) is 7.11 Å². The van der Waals surface area contributed by atoms with Crippen LogP contribution in [0.15, 0.2) is 48.5 Å². The lowest BCUT2D eigenvalue weighted by molar-refractivity contribution is -0.138. The van der Waals surface area contributed by atoms with E-state index in [9.17, 15) is 13.2 Å². The summed E-state index contributed by atoms with van der Waals surface area (Å²) in [5, 5.41) is 0. The second-order valence-corrected chi connectivity index (χ2v) is 5.17. The van der Waals surface area contributed by atoms with Gasteiger partial charge < -0.3 is 4.74 Å². The number of rotatable bonds is 6. The molecule has 2 rings (SSSR count). The fourth-order valence-electron chi connectivity index (χ4n) is 2.56. The van der Waals surface area contributed by atoms with Crippen molar-refractivity contribution < 1.29 is 17.9 Å². The van der Waals surface area contributed by atoms with E-state index in [2.05, 4.69) is 0 Å². The van der Waals surface area contributed by atoms with Gasteiger partial charge in [0.15, 0.2) is 0 Å². The second-order valence-electron chi connectivity index (χ2n) is 5.17. The van der Waals surface area contributed by atoms with E-state index in [0.29, 0.717) is 18.4 Å². The van der Waals surface area contributed by atoms with E-state index in [1.54, 1.807) is 19.2 Å². The second kappa shape index (κ2) is 7.34. The number of unbranched alkanes of at least 4 members (excludes halogenated alkanes) is 1. The van der Waals surface area contributed by atoms with Crippen LogP contribution >= 0.6 is 0 Å². The van der Waals surface area contributed by atoms with E-state index >= 15 is 0 Å². The van der Waals surface area contributed by atoms with Gasteiger partial charge in [-0.05, 0) is 48.9 Å². The highest BCUT2D eigenvalue weighted by atomic mass is 19.4. The fraction of sp³-hybridized carbons (Fsp3) is 0.333. The predicted molar refractivity (Wildman–Crippen MR) is 81.1 cm³/mol. The molecule has 0 fully saturated rings. The van der Waals surface area contributed by atoms with Crippen LogP contribution in [-0.4, -0.2) is 7.11 Å². The molecule has 0 aromatic heterocycles. The molecule has 2 aromatic carbocycles. The summed E-state index contributed by atoms with van der Waals surface area (Å²) in [7, 11) is 1.62. The first-order valence-corrected chi connectivity index (χ1v) is 7.29. The largest absolute Gasteiger partial charge is 0.496 e. The number of halogens is 3. The monoisotopic (exact) mass is 308 g/mol. The molecule has 0 heterocycles. The number of benzene rings is 2. The number of ether oxygens (including phenoxy) is 1. The number of alkyl halides is 3. The molecule has 118 valence electrons. The van der Waals surface area contributed by atoms with Gasteiger partial charge in [0, 0.05) is 0 Å². The Balaban J connectivity index is 1.92. The third-order valence-corrected chi connectivity index (χ3v) is 3.66. The van der Waals surface area contributed by atoms with Crippen molar-refractivity contribution in [2.45, 2.75) is 31.9 Å². The highest BCUT2D eigenvalue weighted by Gasteiger charge is 2.32. The predicted octanol–water partition coefficient (Wildman–Crippen LogP) is 5.28. The van der Waals surface area contributed by atoms with Gasteiger partial charge in [0.2, 0.25) is 0 Å². The van der Waals surface area contributed by atoms with Crippen LogP contribution in [0, 0.1) is 0 Å². The highest BCUT2D eigenvalue weighted by Crippen LogP contribution is 2.32. The molecule has 0 spiro atoms. The molecule has 0 bridgehead atoms. The van der Waals surface area contributed by atoms with Crippen molar-refractivity contribution in [1.29, 1.82) is 0 Å². The maximum atomic E-state index is 12.9. The summed E-state index contributed by atoms with van der Waals surface area (Å²) in [6, 6.07) is 13.5. The number of hydrogen-bond donors (Lipinski definition) is 0. The molecule has 1 nitrogen and oxygen atoms in total. The van der Waals surface area contributed by atoms with Crippen molar-refractivity contribution in [1.82, 2.24) is 0 Å². The Labute approximate surface area is 128 Å². The van der Waals surface area contributed by atoms with Crippen molar-refractivity contribution in [3.8, 4) is 5.75 Å². The summed E-state index contributed by atoms with van der Waals surface area (Å²) in [6.45, 7) is 0. The first-order chi connectivity index (χ1) is 10.5. The van der Waals surface area contributed by atoms with E-state index in [4.69, 9.17) is 4.74 Å². The lowest BCUT2D eigenvalue weighted by Crippen LogP contribution is -2.09. The van der Waals surface area contributed by atoms with Crippen LogP contribution in [0.5, 0.6) is 5.75 Å². The normalized spacial score (nSPS) is 11.5. The molecule has 0 N–H and O–H groups in total. The summed E-state index contributed by atoms with van der Waals surface area (Å²) in [4.78, 5) is 0. The SMILES string of the molecule is COc1ccccc1CCCCc1ccccc1C(F)(F)F. The number of aryl methyl sites for hydroxylation is 2. The third-order valence-electron chi connectivity index (χ3n) is 3.66. The Hall–Kier alpha value is -1.97. The maximum Gasteiger partial charge on any atom is 0.416 e. The zero-order chi connectivity index (χ0) is 16.0. The molecular formula is C18H19F3O. The Bertz CT molecular complexity index is 605. The van der Waals surface area contributed by atoms with Gasteiger partial charge in [0.25, 0.3) is 0 Å². The molecule has 0 amide bonds. The van der Waals surface area contributed by atoms with Gasteiger partial charge in [-0.3, -0.25) is 0 Å². The van der Waals surface area contributed by atoms with E-state index in [-0.39, 0.29) is 0 Å². The van der Waals surface area contributed by atoms with Gasteiger partial charge in [-0.1, -0.05) is 36.4 Å². The van der Waals surface area contributed by atoms with Crippen LogP contribution in [0.3, 0.4) is 0 Å². The van der Waals surface area contributed by atoms with Crippen LogP contribution in [0.25, 0.3) is 0 Å². The Morgan fingerprint density at radius 2 is 1.36 bits per heavy atom. The van der Waals surface area contributed by atoms with Gasteiger partial charge in [-0.25, -0.2) is 0 Å². The van der Waals surface area contributed by atoms with E-state index in [0.717, 1.165) is 30.2 Å². The molecule has 0 aliphatic heterocycles. The van der Waals surface area contributed by atoms with E-state index < -0.39 is 11.7 Å². The Morgan fingerprint density at radius 3 is 2.00 bits per heavy atom. The van der Waals surface area contributed by atoms with Crippen LogP contribution in [0.2, 0.25) is 0 Å². The molecule has 0 unspecified atom stereocenters. The molecule has 4 heteroatoms. The first kappa shape index (κ1) is 16.4. The average Bonchev–Trinajstić information content (AvgIpc) is 2.51. The standard InChI is InChI=1S/C18H19F3O/c1-22-17-13-7-5-11-15(17)10-3-2-8-14-9-4-6-12-16(14)18(19,20)21/h4-7,9,11-13H,2-3,8,10H2,1H3. The van der Waals surface area contributed by atoms with Crippen molar-refractivity contribution in [3.63, 3.8) is 0 Å². The number of methoxy groups -OCH3 is 1. The molecule has 0 aliphatic carbocycles. The minimum absolute atomic E-state index is 0.370. The summed E-state index contributed by atoms with van der Waals surface area (Å²) >= 11 is 0. The fourth-order valence-corrected chi connectivity index (χ4v) is 2.56. The van der Waals surface area contributed by atoms with Gasteiger partial charge in [-0.2, -0.15) is 13.2 Å². The minimum Gasteiger partial charge on any atom is -0.496 e. The molecule has 0 radical (unpaired) electrons. The zero-order valence-corrected chi connectivity index (χ0v) is 12.5. The van der Waals surface area contributed by atoms with Gasteiger partial charge >= 0.3 is 6.18 Å². The van der Waals surface area contributed by atoms with Gasteiger partial charge in [0.1, 0.15) is 5.75 Å². The van der Waals surface area contributed by atoms with Gasteiger partial charge in [-0.15, -0.1) is 0 Å². The Morgan fingerprint density at radius 1 is 0.818 bits per heavy atom. The van der Waals surface area contributed by atoms with Crippen LogP contribution in [0.4, 0.5) is 13.2 Å². The minimum atomic E-state index is -4.28. The highest BCUT2D eigenvalue weighted by molar-refractivity contribution is 5.33.